The summed E-state index contributed by atoms with van der Waals surface area (Å²) < 4.78 is 13.6. The maximum atomic E-state index is 13.5. The molecule has 1 aromatic heterocycles. The number of para-hydroxylation sites is 1. The number of tetrazole rings is 1. The first-order valence-electron chi connectivity index (χ1n) is 11.7. The van der Waals surface area contributed by atoms with Gasteiger partial charge in [-0.25, -0.2) is 4.68 Å². The lowest BCUT2D eigenvalue weighted by molar-refractivity contribution is -0.119. The van der Waals surface area contributed by atoms with Crippen molar-refractivity contribution >= 4 is 17.5 Å². The van der Waals surface area contributed by atoms with Crippen molar-refractivity contribution in [2.75, 3.05) is 17.2 Å². The molecule has 5 rings (SSSR count). The molecule has 0 saturated carbocycles. The second-order valence-electron chi connectivity index (χ2n) is 8.29. The van der Waals surface area contributed by atoms with E-state index in [0.717, 1.165) is 11.1 Å². The standard InChI is InChI=1S/C27H26N6O3/c1-3-35-23-16-20(14-15-22(23)36-17-19-10-6-4-7-11-19)25-24(18(2)28-27-30-31-32-33(25)27)26(34)29-21-12-8-5-9-13-21/h4-16,24-25H,2-3,17H2,1H3,(H,29,34)(H,28,30,32). The quantitative estimate of drug-likeness (QED) is 0.383. The minimum atomic E-state index is -0.688. The van der Waals surface area contributed by atoms with Gasteiger partial charge in [0.2, 0.25) is 11.9 Å². The molecule has 1 amide bonds. The van der Waals surface area contributed by atoms with Gasteiger partial charge >= 0.3 is 0 Å². The molecule has 182 valence electrons. The van der Waals surface area contributed by atoms with Crippen LogP contribution in [-0.4, -0.2) is 32.7 Å². The van der Waals surface area contributed by atoms with E-state index in [1.54, 1.807) is 4.68 Å². The number of amides is 1. The van der Waals surface area contributed by atoms with Crippen LogP contribution in [-0.2, 0) is 11.4 Å². The number of ether oxygens (including phenoxy) is 2. The smallest absolute Gasteiger partial charge is 0.247 e. The Morgan fingerprint density at radius 3 is 2.53 bits per heavy atom. The zero-order chi connectivity index (χ0) is 24.9. The molecular weight excluding hydrogens is 456 g/mol. The molecule has 4 aromatic rings. The van der Waals surface area contributed by atoms with Crippen LogP contribution in [0.1, 0.15) is 24.1 Å². The van der Waals surface area contributed by atoms with E-state index in [9.17, 15) is 4.79 Å². The van der Waals surface area contributed by atoms with Crippen molar-refractivity contribution in [3.63, 3.8) is 0 Å². The summed E-state index contributed by atoms with van der Waals surface area (Å²) in [6, 6.07) is 24.3. The van der Waals surface area contributed by atoms with Gasteiger partial charge in [0.05, 0.1) is 12.6 Å². The van der Waals surface area contributed by atoms with Crippen LogP contribution in [0.2, 0.25) is 0 Å². The zero-order valence-electron chi connectivity index (χ0n) is 19.8. The molecule has 2 unspecified atom stereocenters. The Bertz CT molecular complexity index is 1360. The fourth-order valence-electron chi connectivity index (χ4n) is 4.22. The van der Waals surface area contributed by atoms with Gasteiger partial charge in [0, 0.05) is 11.4 Å². The summed E-state index contributed by atoms with van der Waals surface area (Å²) in [5.41, 5.74) is 3.03. The summed E-state index contributed by atoms with van der Waals surface area (Å²) in [5, 5.41) is 18.0. The summed E-state index contributed by atoms with van der Waals surface area (Å²) >= 11 is 0. The van der Waals surface area contributed by atoms with Crippen LogP contribution in [0, 0.1) is 5.92 Å². The van der Waals surface area contributed by atoms with E-state index < -0.39 is 12.0 Å². The number of benzene rings is 3. The van der Waals surface area contributed by atoms with Crippen LogP contribution in [0.5, 0.6) is 11.5 Å². The molecule has 0 saturated heterocycles. The number of hydrogen-bond acceptors (Lipinski definition) is 7. The topological polar surface area (TPSA) is 103 Å². The van der Waals surface area contributed by atoms with Crippen molar-refractivity contribution in [1.82, 2.24) is 20.2 Å². The summed E-state index contributed by atoms with van der Waals surface area (Å²) in [5.74, 6) is 0.682. The van der Waals surface area contributed by atoms with Crippen molar-refractivity contribution in [1.29, 1.82) is 0 Å². The molecule has 0 bridgehead atoms. The fraction of sp³-hybridized carbons (Fsp3) is 0.185. The van der Waals surface area contributed by atoms with Crippen molar-refractivity contribution in [3.8, 4) is 11.5 Å². The Hall–Kier alpha value is -4.66. The molecular formula is C27H26N6O3. The van der Waals surface area contributed by atoms with Crippen molar-refractivity contribution in [2.24, 2.45) is 5.92 Å². The Kier molecular flexibility index (Phi) is 6.61. The van der Waals surface area contributed by atoms with E-state index in [2.05, 4.69) is 32.7 Å². The van der Waals surface area contributed by atoms with Gasteiger partial charge in [0.1, 0.15) is 12.5 Å². The van der Waals surface area contributed by atoms with Crippen LogP contribution >= 0.6 is 0 Å². The highest BCUT2D eigenvalue weighted by Crippen LogP contribution is 2.40. The molecule has 0 fully saturated rings. The Morgan fingerprint density at radius 2 is 1.78 bits per heavy atom. The molecule has 2 atom stereocenters. The highest BCUT2D eigenvalue weighted by atomic mass is 16.5. The number of nitrogens with zero attached hydrogens (tertiary/aromatic N) is 4. The first-order chi connectivity index (χ1) is 17.6. The number of carbonyl (C=O) groups is 1. The summed E-state index contributed by atoms with van der Waals surface area (Å²) in [7, 11) is 0. The molecule has 0 spiro atoms. The molecule has 2 N–H and O–H groups in total. The van der Waals surface area contributed by atoms with Crippen LogP contribution in [0.3, 0.4) is 0 Å². The first-order valence-corrected chi connectivity index (χ1v) is 11.7. The van der Waals surface area contributed by atoms with E-state index in [-0.39, 0.29) is 5.91 Å². The van der Waals surface area contributed by atoms with Gasteiger partial charge in [-0.15, -0.1) is 0 Å². The molecule has 36 heavy (non-hydrogen) atoms. The van der Waals surface area contributed by atoms with Gasteiger partial charge in [-0.1, -0.05) is 66.3 Å². The highest BCUT2D eigenvalue weighted by Gasteiger charge is 2.40. The molecule has 0 aliphatic carbocycles. The van der Waals surface area contributed by atoms with Crippen molar-refractivity contribution in [2.45, 2.75) is 19.6 Å². The minimum absolute atomic E-state index is 0.229. The molecule has 1 aliphatic heterocycles. The van der Waals surface area contributed by atoms with Gasteiger partial charge in [-0.05, 0) is 52.7 Å². The number of nitrogens with one attached hydrogen (secondary N) is 2. The number of anilines is 2. The van der Waals surface area contributed by atoms with Gasteiger partial charge in [0.15, 0.2) is 11.5 Å². The molecule has 2 heterocycles. The molecule has 0 radical (unpaired) electrons. The average molecular weight is 483 g/mol. The average Bonchev–Trinajstić information content (AvgIpc) is 3.36. The largest absolute Gasteiger partial charge is 0.490 e. The number of hydrogen-bond donors (Lipinski definition) is 2. The lowest BCUT2D eigenvalue weighted by Crippen LogP contribution is -2.39. The summed E-state index contributed by atoms with van der Waals surface area (Å²) in [6.07, 6.45) is 0. The van der Waals surface area contributed by atoms with E-state index in [4.69, 9.17) is 9.47 Å². The minimum Gasteiger partial charge on any atom is -0.490 e. The summed E-state index contributed by atoms with van der Waals surface area (Å²) in [4.78, 5) is 13.5. The first kappa shape index (κ1) is 23.1. The second kappa shape index (κ2) is 10.3. The number of carbonyl (C=O) groups excluding carboxylic acids is 1. The summed E-state index contributed by atoms with van der Waals surface area (Å²) in [6.45, 7) is 6.89. The molecule has 1 aliphatic rings. The molecule has 9 nitrogen and oxygen atoms in total. The van der Waals surface area contributed by atoms with Gasteiger partial charge in [-0.3, -0.25) is 4.79 Å². The van der Waals surface area contributed by atoms with Gasteiger partial charge in [0.25, 0.3) is 0 Å². The Balaban J connectivity index is 1.48. The van der Waals surface area contributed by atoms with Crippen LogP contribution in [0.25, 0.3) is 0 Å². The lowest BCUT2D eigenvalue weighted by Gasteiger charge is -2.33. The second-order valence-corrected chi connectivity index (χ2v) is 8.29. The van der Waals surface area contributed by atoms with Gasteiger partial charge in [-0.2, -0.15) is 0 Å². The van der Waals surface area contributed by atoms with Crippen LogP contribution in [0.15, 0.2) is 91.1 Å². The number of fused-ring (bicyclic) bond motifs is 1. The van der Waals surface area contributed by atoms with E-state index in [1.807, 2.05) is 85.8 Å². The fourth-order valence-corrected chi connectivity index (χ4v) is 4.22. The van der Waals surface area contributed by atoms with Gasteiger partial charge < -0.3 is 20.1 Å². The molecule has 3 aromatic carbocycles. The van der Waals surface area contributed by atoms with E-state index >= 15 is 0 Å². The monoisotopic (exact) mass is 482 g/mol. The zero-order valence-corrected chi connectivity index (χ0v) is 19.8. The predicted molar refractivity (Wildman–Crippen MR) is 136 cm³/mol. The number of aromatic nitrogens is 4. The normalized spacial score (nSPS) is 16.5. The maximum Gasteiger partial charge on any atom is 0.247 e. The van der Waals surface area contributed by atoms with Crippen molar-refractivity contribution < 1.29 is 14.3 Å². The van der Waals surface area contributed by atoms with Crippen molar-refractivity contribution in [3.05, 3.63) is 102 Å². The third-order valence-electron chi connectivity index (χ3n) is 5.89. The third-order valence-corrected chi connectivity index (χ3v) is 5.89. The maximum absolute atomic E-state index is 13.5. The van der Waals surface area contributed by atoms with Crippen LogP contribution in [0.4, 0.5) is 11.6 Å². The SMILES string of the molecule is C=C1Nc2nnnn2C(c2ccc(OCc3ccccc3)c(OCC)c2)C1C(=O)Nc1ccccc1. The Labute approximate surface area is 208 Å². The Morgan fingerprint density at radius 1 is 1.03 bits per heavy atom. The van der Waals surface area contributed by atoms with E-state index in [1.165, 1.54) is 0 Å². The predicted octanol–water partition coefficient (Wildman–Crippen LogP) is 4.43. The number of rotatable bonds is 8. The van der Waals surface area contributed by atoms with Crippen LogP contribution < -0.4 is 20.1 Å². The molecule has 9 heteroatoms. The van der Waals surface area contributed by atoms with E-state index in [0.29, 0.717) is 42.0 Å². The third kappa shape index (κ3) is 4.76. The highest BCUT2D eigenvalue weighted by molar-refractivity contribution is 5.95. The lowest BCUT2D eigenvalue weighted by atomic mass is 9.88.